The molecule has 0 atom stereocenters. The van der Waals surface area contributed by atoms with Crippen molar-refractivity contribution in [1.82, 2.24) is 0 Å². The van der Waals surface area contributed by atoms with Crippen molar-refractivity contribution in [3.8, 4) is 6.07 Å². The maximum absolute atomic E-state index is 8.99. The molecule has 0 bridgehead atoms. The highest BCUT2D eigenvalue weighted by atomic mass is 16.5. The molecule has 0 saturated carbocycles. The van der Waals surface area contributed by atoms with Crippen LogP contribution in [0.1, 0.15) is 32.3 Å². The summed E-state index contributed by atoms with van der Waals surface area (Å²) < 4.78 is 5.60. The molecule has 4 nitrogen and oxygen atoms in total. The maximum Gasteiger partial charge on any atom is 0.265 e. The van der Waals surface area contributed by atoms with Gasteiger partial charge in [0.05, 0.1) is 19.2 Å². The van der Waals surface area contributed by atoms with Gasteiger partial charge in [0.1, 0.15) is 5.76 Å². The van der Waals surface area contributed by atoms with Crippen molar-refractivity contribution >= 4 is 11.8 Å². The first-order chi connectivity index (χ1) is 12.2. The molecule has 2 rings (SSSR count). The van der Waals surface area contributed by atoms with Gasteiger partial charge in [-0.1, -0.05) is 25.1 Å². The predicted octanol–water partition coefficient (Wildman–Crippen LogP) is 4.94. The minimum absolute atomic E-state index is 0.147. The quantitative estimate of drug-likeness (QED) is 0.547. The highest BCUT2D eigenvalue weighted by Gasteiger charge is 2.11. The van der Waals surface area contributed by atoms with E-state index in [1.807, 2.05) is 18.2 Å². The van der Waals surface area contributed by atoms with Crippen molar-refractivity contribution in [2.24, 2.45) is 0 Å². The molecule has 1 heterocycles. The standard InChI is InChI=1S/C21H23N3O/c1-4-13-24(5-2)19-9-6-17(7-10-19)8-11-20-15-18(12-14-25-20)21(16-22)23-3/h6-11,15H,4-5,12-14H2,1-2H3. The van der Waals surface area contributed by atoms with Crippen LogP contribution in [0, 0.1) is 17.9 Å². The first-order valence-electron chi connectivity index (χ1n) is 8.60. The number of hydrogen-bond acceptors (Lipinski definition) is 3. The molecule has 25 heavy (non-hydrogen) atoms. The van der Waals surface area contributed by atoms with Gasteiger partial charge in [-0.15, -0.1) is 0 Å². The Labute approximate surface area is 150 Å². The topological polar surface area (TPSA) is 40.6 Å². The Balaban J connectivity index is 2.13. The van der Waals surface area contributed by atoms with Gasteiger partial charge in [-0.05, 0) is 55.2 Å². The van der Waals surface area contributed by atoms with Crippen LogP contribution in [0.2, 0.25) is 0 Å². The molecule has 0 N–H and O–H groups in total. The van der Waals surface area contributed by atoms with E-state index in [0.29, 0.717) is 18.8 Å². The van der Waals surface area contributed by atoms with Crippen molar-refractivity contribution < 1.29 is 4.74 Å². The van der Waals surface area contributed by atoms with E-state index in [0.717, 1.165) is 30.6 Å². The highest BCUT2D eigenvalue weighted by Crippen LogP contribution is 2.22. The molecule has 1 aliphatic heterocycles. The second-order valence-corrected chi connectivity index (χ2v) is 5.75. The molecule has 0 spiro atoms. The van der Waals surface area contributed by atoms with E-state index in [-0.39, 0.29) is 5.70 Å². The van der Waals surface area contributed by atoms with Crippen molar-refractivity contribution in [2.45, 2.75) is 26.7 Å². The number of benzene rings is 1. The molecule has 1 aromatic carbocycles. The summed E-state index contributed by atoms with van der Waals surface area (Å²) in [7, 11) is 0. The van der Waals surface area contributed by atoms with Gasteiger partial charge in [-0.25, -0.2) is 10.1 Å². The monoisotopic (exact) mass is 333 g/mol. The van der Waals surface area contributed by atoms with Gasteiger partial charge in [0.25, 0.3) is 5.70 Å². The van der Waals surface area contributed by atoms with E-state index >= 15 is 0 Å². The maximum atomic E-state index is 8.99. The molecule has 1 aromatic rings. The number of nitriles is 1. The summed E-state index contributed by atoms with van der Waals surface area (Å²) in [6, 6.07) is 10.4. The molecular weight excluding hydrogens is 310 g/mol. The summed E-state index contributed by atoms with van der Waals surface area (Å²) in [6.07, 6.45) is 7.38. The number of rotatable bonds is 6. The van der Waals surface area contributed by atoms with Crippen LogP contribution >= 0.6 is 0 Å². The molecule has 0 radical (unpaired) electrons. The molecule has 4 heteroatoms. The number of hydrogen-bond donors (Lipinski definition) is 0. The third kappa shape index (κ3) is 4.99. The largest absolute Gasteiger partial charge is 0.493 e. The minimum Gasteiger partial charge on any atom is -0.493 e. The Kier molecular flexibility index (Phi) is 6.87. The molecule has 0 fully saturated rings. The molecular formula is C21H23N3O. The van der Waals surface area contributed by atoms with Crippen molar-refractivity contribution in [3.05, 3.63) is 70.4 Å². The lowest BCUT2D eigenvalue weighted by Gasteiger charge is -2.22. The number of nitrogens with zero attached hydrogens (tertiary/aromatic N) is 3. The zero-order valence-electron chi connectivity index (χ0n) is 14.8. The number of ether oxygens (including phenoxy) is 1. The summed E-state index contributed by atoms with van der Waals surface area (Å²) in [4.78, 5) is 5.62. The summed E-state index contributed by atoms with van der Waals surface area (Å²) in [5, 5.41) is 8.99. The summed E-state index contributed by atoms with van der Waals surface area (Å²) in [6.45, 7) is 14.0. The lowest BCUT2D eigenvalue weighted by molar-refractivity contribution is 0.219. The number of allylic oxidation sites excluding steroid dienone is 3. The van der Waals surface area contributed by atoms with Gasteiger partial charge < -0.3 is 9.64 Å². The number of anilines is 1. The normalized spacial score (nSPS) is 15.8. The third-order valence-corrected chi connectivity index (χ3v) is 4.05. The zero-order valence-corrected chi connectivity index (χ0v) is 14.8. The lowest BCUT2D eigenvalue weighted by atomic mass is 10.1. The molecule has 0 aromatic heterocycles. The highest BCUT2D eigenvalue weighted by molar-refractivity contribution is 5.58. The molecule has 1 aliphatic rings. The first-order valence-corrected chi connectivity index (χ1v) is 8.60. The van der Waals surface area contributed by atoms with Gasteiger partial charge in [-0.3, -0.25) is 0 Å². The van der Waals surface area contributed by atoms with Crippen LogP contribution in [0.4, 0.5) is 5.69 Å². The van der Waals surface area contributed by atoms with E-state index in [9.17, 15) is 0 Å². The molecule has 0 unspecified atom stereocenters. The predicted molar refractivity (Wildman–Crippen MR) is 102 cm³/mol. The molecule has 128 valence electrons. The third-order valence-electron chi connectivity index (χ3n) is 4.05. The molecule has 0 amide bonds. The van der Waals surface area contributed by atoms with E-state index in [1.165, 1.54) is 5.69 Å². The summed E-state index contributed by atoms with van der Waals surface area (Å²) in [5.41, 5.74) is 3.21. The average molecular weight is 333 g/mol. The second kappa shape index (κ2) is 9.35. The molecule has 0 saturated heterocycles. The van der Waals surface area contributed by atoms with Crippen LogP contribution in [-0.4, -0.2) is 19.7 Å². The first kappa shape index (κ1) is 18.4. The fourth-order valence-electron chi connectivity index (χ4n) is 2.73. The Morgan fingerprint density at radius 1 is 1.32 bits per heavy atom. The van der Waals surface area contributed by atoms with Gasteiger partial charge in [-0.2, -0.15) is 0 Å². The van der Waals surface area contributed by atoms with Crippen LogP contribution in [0.25, 0.3) is 10.9 Å². The fourth-order valence-corrected chi connectivity index (χ4v) is 2.73. The SMILES string of the molecule is [C-]#[N+]C(C#N)=C1C=C(C=Cc2ccc(N(CC)CCC)cc2)OCC1. The Morgan fingerprint density at radius 2 is 2.08 bits per heavy atom. The van der Waals surface area contributed by atoms with Crippen LogP contribution < -0.4 is 4.90 Å². The van der Waals surface area contributed by atoms with Gasteiger partial charge in [0.2, 0.25) is 0 Å². The summed E-state index contributed by atoms with van der Waals surface area (Å²) >= 11 is 0. The van der Waals surface area contributed by atoms with Crippen LogP contribution in [-0.2, 0) is 4.74 Å². The average Bonchev–Trinajstić information content (AvgIpc) is 2.66. The molecule has 0 aliphatic carbocycles. The van der Waals surface area contributed by atoms with Crippen molar-refractivity contribution in [3.63, 3.8) is 0 Å². The Bertz CT molecular complexity index is 742. The fraction of sp³-hybridized carbons (Fsp3) is 0.333. The van der Waals surface area contributed by atoms with Gasteiger partial charge in [0.15, 0.2) is 0 Å². The van der Waals surface area contributed by atoms with Crippen LogP contribution in [0.15, 0.2) is 53.4 Å². The second-order valence-electron chi connectivity index (χ2n) is 5.75. The Hall–Kier alpha value is -2.98. The minimum atomic E-state index is 0.147. The zero-order chi connectivity index (χ0) is 18.1. The van der Waals surface area contributed by atoms with E-state index in [2.05, 4.69) is 47.9 Å². The van der Waals surface area contributed by atoms with Crippen molar-refractivity contribution in [2.75, 3.05) is 24.6 Å². The van der Waals surface area contributed by atoms with E-state index in [1.54, 1.807) is 6.08 Å². The smallest absolute Gasteiger partial charge is 0.265 e. The lowest BCUT2D eigenvalue weighted by Crippen LogP contribution is -2.23. The van der Waals surface area contributed by atoms with Gasteiger partial charge >= 0.3 is 0 Å². The van der Waals surface area contributed by atoms with Gasteiger partial charge in [0, 0.05) is 18.8 Å². The van der Waals surface area contributed by atoms with Crippen molar-refractivity contribution in [1.29, 1.82) is 5.26 Å². The van der Waals surface area contributed by atoms with Crippen LogP contribution in [0.3, 0.4) is 0 Å². The van der Waals surface area contributed by atoms with E-state index < -0.39 is 0 Å². The van der Waals surface area contributed by atoms with E-state index in [4.69, 9.17) is 16.6 Å². The van der Waals surface area contributed by atoms with Crippen LogP contribution in [0.5, 0.6) is 0 Å². The Morgan fingerprint density at radius 3 is 2.68 bits per heavy atom. The summed E-state index contributed by atoms with van der Waals surface area (Å²) in [5.74, 6) is 0.683.